The lowest BCUT2D eigenvalue weighted by molar-refractivity contribution is 0.319. The van der Waals surface area contributed by atoms with Gasteiger partial charge in [0, 0.05) is 30.9 Å². The Morgan fingerprint density at radius 1 is 1.29 bits per heavy atom. The molecule has 1 heterocycles. The number of rotatable bonds is 8. The van der Waals surface area contributed by atoms with Gasteiger partial charge in [-0.3, -0.25) is 0 Å². The molecule has 0 radical (unpaired) electrons. The molecular formula is C14H27N3. The predicted octanol–water partition coefficient (Wildman–Crippen LogP) is 3.17. The minimum absolute atomic E-state index is 0.535. The summed E-state index contributed by atoms with van der Waals surface area (Å²) in [4.78, 5) is 4.44. The van der Waals surface area contributed by atoms with Crippen LogP contribution in [0.5, 0.6) is 0 Å². The zero-order valence-electron chi connectivity index (χ0n) is 11.7. The topological polar surface area (TPSA) is 29.9 Å². The maximum atomic E-state index is 4.44. The van der Waals surface area contributed by atoms with E-state index in [2.05, 4.69) is 48.8 Å². The first-order chi connectivity index (χ1) is 8.28. The molecule has 0 aliphatic heterocycles. The number of nitrogens with zero attached hydrogens (tertiary/aromatic N) is 2. The van der Waals surface area contributed by atoms with Gasteiger partial charge in [-0.2, -0.15) is 0 Å². The average Bonchev–Trinajstić information content (AvgIpc) is 2.79. The molecule has 1 N–H and O–H groups in total. The molecule has 0 aromatic carbocycles. The molecule has 0 spiro atoms. The van der Waals surface area contributed by atoms with Gasteiger partial charge in [0.05, 0.1) is 0 Å². The van der Waals surface area contributed by atoms with Crippen molar-refractivity contribution in [1.82, 2.24) is 14.9 Å². The van der Waals surface area contributed by atoms with Crippen LogP contribution in [0.1, 0.15) is 58.8 Å². The molecule has 0 aliphatic rings. The summed E-state index contributed by atoms with van der Waals surface area (Å²) in [5, 5.41) is 3.63. The first-order valence-corrected chi connectivity index (χ1v) is 7.03. The first kappa shape index (κ1) is 14.2. The number of aromatic nitrogens is 2. The van der Waals surface area contributed by atoms with Crippen molar-refractivity contribution >= 4 is 0 Å². The van der Waals surface area contributed by atoms with Crippen LogP contribution in [0.3, 0.4) is 0 Å². The summed E-state index contributed by atoms with van der Waals surface area (Å²) in [5.41, 5.74) is 0. The molecule has 1 rings (SSSR count). The lowest BCUT2D eigenvalue weighted by Crippen LogP contribution is -2.37. The monoisotopic (exact) mass is 237 g/mol. The number of hydrogen-bond acceptors (Lipinski definition) is 2. The Morgan fingerprint density at radius 2 is 2.06 bits per heavy atom. The fourth-order valence-electron chi connectivity index (χ4n) is 2.60. The summed E-state index contributed by atoms with van der Waals surface area (Å²) < 4.78 is 2.36. The molecule has 98 valence electrons. The van der Waals surface area contributed by atoms with Crippen molar-refractivity contribution in [3.63, 3.8) is 0 Å². The summed E-state index contributed by atoms with van der Waals surface area (Å²) in [7, 11) is 0. The van der Waals surface area contributed by atoms with E-state index in [0.717, 1.165) is 19.4 Å². The molecule has 17 heavy (non-hydrogen) atoms. The first-order valence-electron chi connectivity index (χ1n) is 7.03. The van der Waals surface area contributed by atoms with E-state index < -0.39 is 0 Å². The van der Waals surface area contributed by atoms with Gasteiger partial charge >= 0.3 is 0 Å². The zero-order valence-corrected chi connectivity index (χ0v) is 11.7. The SMILES string of the molecule is CCCC(NCC)C(CC)n1ccnc1CC. The maximum Gasteiger partial charge on any atom is 0.108 e. The highest BCUT2D eigenvalue weighted by molar-refractivity contribution is 4.97. The number of likely N-dealkylation sites (N-methyl/N-ethyl adjacent to an activating group) is 1. The predicted molar refractivity (Wildman–Crippen MR) is 73.3 cm³/mol. The molecule has 0 amide bonds. The largest absolute Gasteiger partial charge is 0.330 e. The van der Waals surface area contributed by atoms with Crippen LogP contribution in [-0.4, -0.2) is 22.1 Å². The Morgan fingerprint density at radius 3 is 2.59 bits per heavy atom. The van der Waals surface area contributed by atoms with Gasteiger partial charge in [-0.05, 0) is 19.4 Å². The van der Waals surface area contributed by atoms with Crippen molar-refractivity contribution in [2.45, 2.75) is 65.5 Å². The summed E-state index contributed by atoms with van der Waals surface area (Å²) >= 11 is 0. The Hall–Kier alpha value is -0.830. The van der Waals surface area contributed by atoms with E-state index in [9.17, 15) is 0 Å². The maximum absolute atomic E-state index is 4.44. The summed E-state index contributed by atoms with van der Waals surface area (Å²) in [6.45, 7) is 9.92. The van der Waals surface area contributed by atoms with E-state index in [1.807, 2.05) is 6.20 Å². The standard InChI is InChI=1S/C14H27N3/c1-5-9-12(15-8-4)13(6-2)17-11-10-16-14(17)7-3/h10-13,15H,5-9H2,1-4H3. The number of nitrogens with one attached hydrogen (secondary N) is 1. The van der Waals surface area contributed by atoms with E-state index in [4.69, 9.17) is 0 Å². The normalized spacial score (nSPS) is 14.8. The Balaban J connectivity index is 2.87. The molecule has 1 aromatic heterocycles. The molecule has 3 heteroatoms. The smallest absolute Gasteiger partial charge is 0.108 e. The van der Waals surface area contributed by atoms with Crippen molar-refractivity contribution in [3.8, 4) is 0 Å². The van der Waals surface area contributed by atoms with Gasteiger partial charge in [0.2, 0.25) is 0 Å². The molecule has 1 aromatic rings. The third kappa shape index (κ3) is 3.56. The third-order valence-corrected chi connectivity index (χ3v) is 3.37. The molecule has 0 saturated heterocycles. The Bertz CT molecular complexity index is 300. The van der Waals surface area contributed by atoms with Crippen LogP contribution >= 0.6 is 0 Å². The summed E-state index contributed by atoms with van der Waals surface area (Å²) in [6, 6.07) is 1.10. The van der Waals surface area contributed by atoms with Crippen molar-refractivity contribution in [2.75, 3.05) is 6.54 Å². The molecule has 2 atom stereocenters. The second-order valence-electron chi connectivity index (χ2n) is 4.53. The van der Waals surface area contributed by atoms with Crippen LogP contribution in [0.25, 0.3) is 0 Å². The van der Waals surface area contributed by atoms with Gasteiger partial charge in [0.1, 0.15) is 5.82 Å². The fourth-order valence-corrected chi connectivity index (χ4v) is 2.60. The summed E-state index contributed by atoms with van der Waals surface area (Å²) in [5.74, 6) is 1.20. The van der Waals surface area contributed by atoms with Gasteiger partial charge in [-0.15, -0.1) is 0 Å². The lowest BCUT2D eigenvalue weighted by atomic mass is 10.0. The lowest BCUT2D eigenvalue weighted by Gasteiger charge is -2.29. The van der Waals surface area contributed by atoms with Crippen LogP contribution in [0.4, 0.5) is 0 Å². The molecule has 3 nitrogen and oxygen atoms in total. The number of imidazole rings is 1. The van der Waals surface area contributed by atoms with Gasteiger partial charge in [-0.25, -0.2) is 4.98 Å². The molecule has 0 saturated carbocycles. The third-order valence-electron chi connectivity index (χ3n) is 3.37. The van der Waals surface area contributed by atoms with Crippen molar-refractivity contribution in [1.29, 1.82) is 0 Å². The minimum Gasteiger partial charge on any atom is -0.330 e. The van der Waals surface area contributed by atoms with Crippen LogP contribution in [0.15, 0.2) is 12.4 Å². The van der Waals surface area contributed by atoms with E-state index in [0.29, 0.717) is 12.1 Å². The number of hydrogen-bond donors (Lipinski definition) is 1. The second kappa shape index (κ2) is 7.49. The average molecular weight is 237 g/mol. The Kier molecular flexibility index (Phi) is 6.27. The van der Waals surface area contributed by atoms with Crippen molar-refractivity contribution in [3.05, 3.63) is 18.2 Å². The van der Waals surface area contributed by atoms with Crippen LogP contribution < -0.4 is 5.32 Å². The van der Waals surface area contributed by atoms with E-state index >= 15 is 0 Å². The molecule has 0 fully saturated rings. The Labute approximate surface area is 106 Å². The second-order valence-corrected chi connectivity index (χ2v) is 4.53. The minimum atomic E-state index is 0.535. The highest BCUT2D eigenvalue weighted by Gasteiger charge is 2.21. The van der Waals surface area contributed by atoms with Gasteiger partial charge in [-0.1, -0.05) is 34.1 Å². The highest BCUT2D eigenvalue weighted by atomic mass is 15.1. The number of aryl methyl sites for hydroxylation is 1. The van der Waals surface area contributed by atoms with Gasteiger partial charge < -0.3 is 9.88 Å². The van der Waals surface area contributed by atoms with E-state index in [-0.39, 0.29) is 0 Å². The van der Waals surface area contributed by atoms with Crippen LogP contribution in [0, 0.1) is 0 Å². The van der Waals surface area contributed by atoms with Gasteiger partial charge in [0.25, 0.3) is 0 Å². The van der Waals surface area contributed by atoms with Crippen LogP contribution in [-0.2, 0) is 6.42 Å². The molecule has 2 unspecified atom stereocenters. The summed E-state index contributed by atoms with van der Waals surface area (Å²) in [6.07, 6.45) is 8.68. The molecule has 0 bridgehead atoms. The van der Waals surface area contributed by atoms with Crippen LogP contribution in [0.2, 0.25) is 0 Å². The highest BCUT2D eigenvalue weighted by Crippen LogP contribution is 2.21. The zero-order chi connectivity index (χ0) is 12.7. The quantitative estimate of drug-likeness (QED) is 0.752. The van der Waals surface area contributed by atoms with E-state index in [1.54, 1.807) is 0 Å². The van der Waals surface area contributed by atoms with E-state index in [1.165, 1.54) is 18.7 Å². The van der Waals surface area contributed by atoms with Gasteiger partial charge in [0.15, 0.2) is 0 Å². The van der Waals surface area contributed by atoms with Crippen molar-refractivity contribution < 1.29 is 0 Å². The van der Waals surface area contributed by atoms with Crippen molar-refractivity contribution in [2.24, 2.45) is 0 Å². The molecule has 0 aliphatic carbocycles. The fraction of sp³-hybridized carbons (Fsp3) is 0.786. The molecular weight excluding hydrogens is 210 g/mol.